The summed E-state index contributed by atoms with van der Waals surface area (Å²) < 4.78 is 0. The number of aliphatic hydroxyl groups is 2. The van der Waals surface area contributed by atoms with Gasteiger partial charge in [-0.25, -0.2) is 0 Å². The molecule has 0 bridgehead atoms. The lowest BCUT2D eigenvalue weighted by Gasteiger charge is -2.25. The second-order valence-corrected chi connectivity index (χ2v) is 5.53. The van der Waals surface area contributed by atoms with Crippen molar-refractivity contribution in [1.82, 2.24) is 15.5 Å². The lowest BCUT2D eigenvalue weighted by atomic mass is 10.0. The van der Waals surface area contributed by atoms with Crippen LogP contribution in [0.2, 0.25) is 0 Å². The molecule has 0 saturated heterocycles. The van der Waals surface area contributed by atoms with Gasteiger partial charge in [-0.15, -0.1) is 0 Å². The van der Waals surface area contributed by atoms with E-state index in [0.29, 0.717) is 6.54 Å². The number of aryl methyl sites for hydroxylation is 1. The van der Waals surface area contributed by atoms with Crippen LogP contribution in [0.15, 0.2) is 18.2 Å². The maximum absolute atomic E-state index is 10.3. The van der Waals surface area contributed by atoms with Crippen LogP contribution in [0.25, 0.3) is 10.9 Å². The van der Waals surface area contributed by atoms with Crippen molar-refractivity contribution in [2.24, 2.45) is 0 Å². The first-order chi connectivity index (χ1) is 8.94. The van der Waals surface area contributed by atoms with Gasteiger partial charge in [-0.3, -0.25) is 5.10 Å². The Morgan fingerprint density at radius 1 is 1.42 bits per heavy atom. The van der Waals surface area contributed by atoms with Crippen LogP contribution in [0.1, 0.15) is 31.2 Å². The number of hydrogen-bond acceptors (Lipinski definition) is 4. The number of nitrogens with zero attached hydrogens (tertiary/aromatic N) is 1. The highest BCUT2D eigenvalue weighted by Gasteiger charge is 2.19. The molecule has 0 unspecified atom stereocenters. The molecule has 2 aromatic rings. The van der Waals surface area contributed by atoms with Gasteiger partial charge in [0, 0.05) is 23.2 Å². The highest BCUT2D eigenvalue weighted by Crippen LogP contribution is 2.25. The number of hydrogen-bond donors (Lipinski definition) is 4. The number of fused-ring (bicyclic) bond motifs is 1. The monoisotopic (exact) mass is 263 g/mol. The Morgan fingerprint density at radius 2 is 2.16 bits per heavy atom. The van der Waals surface area contributed by atoms with Crippen molar-refractivity contribution in [2.75, 3.05) is 13.2 Å². The first-order valence-electron chi connectivity index (χ1n) is 6.42. The molecule has 5 nitrogen and oxygen atoms in total. The smallest absolute Gasteiger partial charge is 0.0927 e. The summed E-state index contributed by atoms with van der Waals surface area (Å²) in [6.45, 7) is 6.13. The third-order valence-corrected chi connectivity index (χ3v) is 3.32. The molecule has 2 rings (SSSR count). The molecule has 0 aliphatic carbocycles. The third-order valence-electron chi connectivity index (χ3n) is 3.32. The van der Waals surface area contributed by atoms with Crippen LogP contribution in [0.3, 0.4) is 0 Å². The number of β-amino-alcohol motifs (C(OH)–C–C–N with tert-alkyl or cyclic N) is 1. The highest BCUT2D eigenvalue weighted by atomic mass is 16.3. The molecule has 0 fully saturated rings. The summed E-state index contributed by atoms with van der Waals surface area (Å²) in [5.41, 5.74) is 2.26. The van der Waals surface area contributed by atoms with E-state index in [1.54, 1.807) is 0 Å². The second kappa shape index (κ2) is 5.28. The van der Waals surface area contributed by atoms with Crippen molar-refractivity contribution >= 4 is 10.9 Å². The molecule has 104 valence electrons. The van der Waals surface area contributed by atoms with Gasteiger partial charge in [0.15, 0.2) is 0 Å². The Balaban J connectivity index is 2.22. The van der Waals surface area contributed by atoms with E-state index >= 15 is 0 Å². The normalized spacial score (nSPS) is 13.9. The molecule has 5 heteroatoms. The van der Waals surface area contributed by atoms with E-state index in [-0.39, 0.29) is 6.61 Å². The van der Waals surface area contributed by atoms with E-state index < -0.39 is 11.6 Å². The predicted octanol–water partition coefficient (Wildman–Crippen LogP) is 1.27. The van der Waals surface area contributed by atoms with Crippen molar-refractivity contribution in [3.63, 3.8) is 0 Å². The van der Waals surface area contributed by atoms with Crippen molar-refractivity contribution in [2.45, 2.75) is 32.4 Å². The summed E-state index contributed by atoms with van der Waals surface area (Å²) in [4.78, 5) is 0. The number of aliphatic hydroxyl groups excluding tert-OH is 2. The molecule has 0 amide bonds. The van der Waals surface area contributed by atoms with Gasteiger partial charge in [-0.1, -0.05) is 12.1 Å². The second-order valence-electron chi connectivity index (χ2n) is 5.53. The Kier molecular flexibility index (Phi) is 3.89. The summed E-state index contributed by atoms with van der Waals surface area (Å²) in [6.07, 6.45) is -0.633. The summed E-state index contributed by atoms with van der Waals surface area (Å²) >= 11 is 0. The molecule has 1 aromatic carbocycles. The maximum atomic E-state index is 10.3. The number of rotatable bonds is 5. The fourth-order valence-electron chi connectivity index (χ4n) is 2.08. The van der Waals surface area contributed by atoms with Gasteiger partial charge < -0.3 is 15.5 Å². The number of benzene rings is 1. The topological polar surface area (TPSA) is 81.2 Å². The zero-order chi connectivity index (χ0) is 14.0. The van der Waals surface area contributed by atoms with E-state index in [1.165, 1.54) is 0 Å². The SMILES string of the molecule is Cc1[nH]nc2cccc([C@@H](O)CNC(C)(C)CO)c12. The van der Waals surface area contributed by atoms with Crippen molar-refractivity contribution in [3.8, 4) is 0 Å². The van der Waals surface area contributed by atoms with Crippen LogP contribution in [0, 0.1) is 6.92 Å². The largest absolute Gasteiger partial charge is 0.394 e. The van der Waals surface area contributed by atoms with Gasteiger partial charge in [0.1, 0.15) is 0 Å². The Morgan fingerprint density at radius 3 is 2.84 bits per heavy atom. The van der Waals surface area contributed by atoms with Gasteiger partial charge in [-0.2, -0.15) is 5.10 Å². The van der Waals surface area contributed by atoms with E-state index in [0.717, 1.165) is 22.2 Å². The third kappa shape index (κ3) is 2.94. The number of aromatic nitrogens is 2. The van der Waals surface area contributed by atoms with Gasteiger partial charge in [0.05, 0.1) is 18.2 Å². The quantitative estimate of drug-likeness (QED) is 0.655. The molecule has 0 saturated carbocycles. The lowest BCUT2D eigenvalue weighted by molar-refractivity contribution is 0.137. The van der Waals surface area contributed by atoms with Gasteiger partial charge in [0.25, 0.3) is 0 Å². The highest BCUT2D eigenvalue weighted by molar-refractivity contribution is 5.85. The van der Waals surface area contributed by atoms with Gasteiger partial charge >= 0.3 is 0 Å². The first kappa shape index (κ1) is 14.0. The zero-order valence-electron chi connectivity index (χ0n) is 11.6. The van der Waals surface area contributed by atoms with Crippen LogP contribution in [0.5, 0.6) is 0 Å². The molecule has 19 heavy (non-hydrogen) atoms. The van der Waals surface area contributed by atoms with E-state index in [9.17, 15) is 10.2 Å². The summed E-state index contributed by atoms with van der Waals surface area (Å²) in [5.74, 6) is 0. The number of aromatic amines is 1. The average molecular weight is 263 g/mol. The molecule has 0 radical (unpaired) electrons. The Labute approximate surface area is 112 Å². The van der Waals surface area contributed by atoms with Crippen LogP contribution in [-0.2, 0) is 0 Å². The molecule has 0 aliphatic rings. The summed E-state index contributed by atoms with van der Waals surface area (Å²) in [7, 11) is 0. The Hall–Kier alpha value is -1.43. The fraction of sp³-hybridized carbons (Fsp3) is 0.500. The van der Waals surface area contributed by atoms with Crippen LogP contribution in [0.4, 0.5) is 0 Å². The molecular formula is C14H21N3O2. The Bertz CT molecular complexity index is 563. The van der Waals surface area contributed by atoms with Crippen LogP contribution < -0.4 is 5.32 Å². The van der Waals surface area contributed by atoms with Crippen molar-refractivity contribution < 1.29 is 10.2 Å². The number of nitrogens with one attached hydrogen (secondary N) is 2. The van der Waals surface area contributed by atoms with E-state index in [4.69, 9.17) is 0 Å². The van der Waals surface area contributed by atoms with Crippen LogP contribution >= 0.6 is 0 Å². The lowest BCUT2D eigenvalue weighted by Crippen LogP contribution is -2.44. The predicted molar refractivity (Wildman–Crippen MR) is 75.0 cm³/mol. The first-order valence-corrected chi connectivity index (χ1v) is 6.42. The fourth-order valence-corrected chi connectivity index (χ4v) is 2.08. The molecule has 1 heterocycles. The van der Waals surface area contributed by atoms with E-state index in [1.807, 2.05) is 39.0 Å². The standard InChI is InChI=1S/C14H21N3O2/c1-9-13-10(5-4-6-11(13)17-16-9)12(19)7-15-14(2,3)8-18/h4-6,12,15,18-19H,7-8H2,1-3H3,(H,16,17)/t12-/m0/s1. The van der Waals surface area contributed by atoms with Gasteiger partial charge in [-0.05, 0) is 32.4 Å². The summed E-state index contributed by atoms with van der Waals surface area (Å²) in [5, 5.41) is 30.8. The van der Waals surface area contributed by atoms with Crippen LogP contribution in [-0.4, -0.2) is 39.1 Å². The minimum Gasteiger partial charge on any atom is -0.394 e. The summed E-state index contributed by atoms with van der Waals surface area (Å²) in [6, 6.07) is 5.71. The van der Waals surface area contributed by atoms with E-state index in [2.05, 4.69) is 15.5 Å². The average Bonchev–Trinajstić information content (AvgIpc) is 2.78. The number of H-pyrrole nitrogens is 1. The minimum atomic E-state index is -0.633. The maximum Gasteiger partial charge on any atom is 0.0927 e. The molecule has 0 spiro atoms. The van der Waals surface area contributed by atoms with Crippen molar-refractivity contribution in [3.05, 3.63) is 29.5 Å². The molecule has 1 aromatic heterocycles. The molecule has 0 aliphatic heterocycles. The minimum absolute atomic E-state index is 0.0225. The van der Waals surface area contributed by atoms with Crippen molar-refractivity contribution in [1.29, 1.82) is 0 Å². The molecular weight excluding hydrogens is 242 g/mol. The van der Waals surface area contributed by atoms with Gasteiger partial charge in [0.2, 0.25) is 0 Å². The molecule has 4 N–H and O–H groups in total. The molecule has 1 atom stereocenters. The zero-order valence-corrected chi connectivity index (χ0v) is 11.6.